The summed E-state index contributed by atoms with van der Waals surface area (Å²) in [6.45, 7) is 3.55. The van der Waals surface area contributed by atoms with Crippen LogP contribution < -0.4 is 11.1 Å². The first-order chi connectivity index (χ1) is 10.4. The highest BCUT2D eigenvalue weighted by molar-refractivity contribution is 8.00. The standard InChI is InChI=1S/C13H14ClN5O2S/c1-7-3-4-9(5-10(7)14)19-6-16-18-13(19)22-8(2)11(20)17-12(15)21/h3-6,8H,1-2H3,(H3,15,17,20,21). The normalized spacial score (nSPS) is 12.0. The predicted octanol–water partition coefficient (Wildman–Crippen LogP) is 1.90. The molecular weight excluding hydrogens is 326 g/mol. The van der Waals surface area contributed by atoms with Crippen LogP contribution in [0.4, 0.5) is 4.79 Å². The highest BCUT2D eigenvalue weighted by Crippen LogP contribution is 2.26. The van der Waals surface area contributed by atoms with Crippen molar-refractivity contribution in [2.75, 3.05) is 0 Å². The Bertz CT molecular complexity index is 718. The summed E-state index contributed by atoms with van der Waals surface area (Å²) in [6.07, 6.45) is 1.53. The molecule has 1 aromatic carbocycles. The van der Waals surface area contributed by atoms with E-state index in [0.717, 1.165) is 23.0 Å². The molecule has 0 aliphatic heterocycles. The zero-order valence-electron chi connectivity index (χ0n) is 11.9. The Morgan fingerprint density at radius 3 is 2.82 bits per heavy atom. The van der Waals surface area contributed by atoms with Gasteiger partial charge in [-0.2, -0.15) is 0 Å². The summed E-state index contributed by atoms with van der Waals surface area (Å²) < 4.78 is 1.71. The Morgan fingerprint density at radius 1 is 1.45 bits per heavy atom. The maximum Gasteiger partial charge on any atom is 0.318 e. The molecule has 2 rings (SSSR count). The average Bonchev–Trinajstić information content (AvgIpc) is 2.89. The van der Waals surface area contributed by atoms with Crippen molar-refractivity contribution in [3.05, 3.63) is 35.1 Å². The molecule has 3 N–H and O–H groups in total. The van der Waals surface area contributed by atoms with Crippen LogP contribution in [-0.4, -0.2) is 32.0 Å². The van der Waals surface area contributed by atoms with Crippen molar-refractivity contribution >= 4 is 35.3 Å². The molecule has 22 heavy (non-hydrogen) atoms. The molecule has 0 radical (unpaired) electrons. The Balaban J connectivity index is 2.20. The van der Waals surface area contributed by atoms with Crippen LogP contribution in [0.1, 0.15) is 12.5 Å². The number of amides is 3. The molecule has 2 aromatic rings. The first-order valence-electron chi connectivity index (χ1n) is 6.32. The number of aromatic nitrogens is 3. The minimum atomic E-state index is -0.885. The number of nitrogens with two attached hydrogens (primary N) is 1. The third kappa shape index (κ3) is 3.77. The molecular formula is C13H14ClN5O2S. The number of imide groups is 1. The molecule has 3 amide bonds. The van der Waals surface area contributed by atoms with Crippen LogP contribution in [0.3, 0.4) is 0 Å². The van der Waals surface area contributed by atoms with Gasteiger partial charge in [0.1, 0.15) is 6.33 Å². The maximum atomic E-state index is 11.7. The number of urea groups is 1. The number of carbonyl (C=O) groups excluding carboxylic acids is 2. The number of aryl methyl sites for hydroxylation is 1. The number of nitrogens with zero attached hydrogens (tertiary/aromatic N) is 3. The van der Waals surface area contributed by atoms with E-state index in [9.17, 15) is 9.59 Å². The minimum absolute atomic E-state index is 0.492. The van der Waals surface area contributed by atoms with Crippen LogP contribution in [0.5, 0.6) is 0 Å². The van der Waals surface area contributed by atoms with Gasteiger partial charge in [-0.05, 0) is 31.5 Å². The molecule has 0 spiro atoms. The Kier molecular flexibility index (Phi) is 5.04. The number of hydrogen-bond donors (Lipinski definition) is 2. The molecule has 1 heterocycles. The lowest BCUT2D eigenvalue weighted by Crippen LogP contribution is -2.39. The van der Waals surface area contributed by atoms with E-state index in [0.29, 0.717) is 10.2 Å². The van der Waals surface area contributed by atoms with Crippen molar-refractivity contribution in [2.45, 2.75) is 24.3 Å². The molecule has 7 nitrogen and oxygen atoms in total. The number of rotatable bonds is 4. The van der Waals surface area contributed by atoms with Crippen molar-refractivity contribution in [1.29, 1.82) is 0 Å². The molecule has 0 saturated carbocycles. The number of carbonyl (C=O) groups is 2. The van der Waals surface area contributed by atoms with Gasteiger partial charge in [0.05, 0.1) is 10.9 Å². The molecule has 1 atom stereocenters. The fourth-order valence-corrected chi connectivity index (χ4v) is 2.67. The zero-order chi connectivity index (χ0) is 16.3. The number of primary amides is 1. The van der Waals surface area contributed by atoms with Crippen molar-refractivity contribution < 1.29 is 9.59 Å². The fraction of sp³-hybridized carbons (Fsp3) is 0.231. The molecule has 0 aliphatic rings. The zero-order valence-corrected chi connectivity index (χ0v) is 13.5. The first-order valence-corrected chi connectivity index (χ1v) is 7.57. The summed E-state index contributed by atoms with van der Waals surface area (Å²) in [5.74, 6) is -0.492. The second kappa shape index (κ2) is 6.80. The molecule has 0 bridgehead atoms. The molecule has 0 aliphatic carbocycles. The van der Waals surface area contributed by atoms with Gasteiger partial charge in [0, 0.05) is 5.02 Å². The third-order valence-electron chi connectivity index (χ3n) is 2.85. The Morgan fingerprint density at radius 2 is 2.18 bits per heavy atom. The van der Waals surface area contributed by atoms with E-state index in [1.807, 2.05) is 24.4 Å². The predicted molar refractivity (Wildman–Crippen MR) is 84.2 cm³/mol. The topological polar surface area (TPSA) is 103 Å². The van der Waals surface area contributed by atoms with Crippen molar-refractivity contribution in [2.24, 2.45) is 5.73 Å². The highest BCUT2D eigenvalue weighted by Gasteiger charge is 2.19. The lowest BCUT2D eigenvalue weighted by atomic mass is 10.2. The average molecular weight is 340 g/mol. The number of nitrogens with one attached hydrogen (secondary N) is 1. The van der Waals surface area contributed by atoms with Crippen molar-refractivity contribution in [1.82, 2.24) is 20.1 Å². The minimum Gasteiger partial charge on any atom is -0.351 e. The maximum absolute atomic E-state index is 11.7. The van der Waals surface area contributed by atoms with Gasteiger partial charge in [-0.15, -0.1) is 10.2 Å². The van der Waals surface area contributed by atoms with Crippen LogP contribution in [0.15, 0.2) is 29.7 Å². The van der Waals surface area contributed by atoms with E-state index in [1.54, 1.807) is 17.6 Å². The van der Waals surface area contributed by atoms with Gasteiger partial charge in [0.2, 0.25) is 5.91 Å². The first kappa shape index (κ1) is 16.3. The molecule has 116 valence electrons. The molecule has 1 unspecified atom stereocenters. The third-order valence-corrected chi connectivity index (χ3v) is 4.31. The SMILES string of the molecule is Cc1ccc(-n2cnnc2SC(C)C(=O)NC(N)=O)cc1Cl. The van der Waals surface area contributed by atoms with Crippen LogP contribution >= 0.6 is 23.4 Å². The van der Waals surface area contributed by atoms with E-state index in [4.69, 9.17) is 17.3 Å². The number of halogens is 1. The van der Waals surface area contributed by atoms with Gasteiger partial charge in [-0.25, -0.2) is 4.79 Å². The van der Waals surface area contributed by atoms with Crippen LogP contribution in [0.2, 0.25) is 5.02 Å². The molecule has 1 aromatic heterocycles. The van der Waals surface area contributed by atoms with Gasteiger partial charge >= 0.3 is 6.03 Å². The second-order valence-electron chi connectivity index (χ2n) is 4.53. The summed E-state index contributed by atoms with van der Waals surface area (Å²) in [7, 11) is 0. The monoisotopic (exact) mass is 339 g/mol. The lowest BCUT2D eigenvalue weighted by molar-refractivity contribution is -0.119. The Hall–Kier alpha value is -2.06. The van der Waals surface area contributed by atoms with Crippen LogP contribution in [0, 0.1) is 6.92 Å². The number of hydrogen-bond acceptors (Lipinski definition) is 5. The summed E-state index contributed by atoms with van der Waals surface area (Å²) in [6, 6.07) is 4.67. The second-order valence-corrected chi connectivity index (χ2v) is 6.25. The van der Waals surface area contributed by atoms with Gasteiger partial charge in [-0.3, -0.25) is 14.7 Å². The summed E-state index contributed by atoms with van der Waals surface area (Å²) in [5.41, 5.74) is 6.67. The summed E-state index contributed by atoms with van der Waals surface area (Å²) in [4.78, 5) is 22.4. The van der Waals surface area contributed by atoms with Crippen molar-refractivity contribution in [3.8, 4) is 5.69 Å². The van der Waals surface area contributed by atoms with E-state index >= 15 is 0 Å². The molecule has 0 fully saturated rings. The van der Waals surface area contributed by atoms with E-state index < -0.39 is 17.2 Å². The van der Waals surface area contributed by atoms with Crippen LogP contribution in [-0.2, 0) is 4.79 Å². The van der Waals surface area contributed by atoms with Gasteiger partial charge < -0.3 is 5.73 Å². The van der Waals surface area contributed by atoms with E-state index in [1.165, 1.54) is 6.33 Å². The molecule has 0 saturated heterocycles. The van der Waals surface area contributed by atoms with Crippen molar-refractivity contribution in [3.63, 3.8) is 0 Å². The van der Waals surface area contributed by atoms with Crippen LogP contribution in [0.25, 0.3) is 5.69 Å². The lowest BCUT2D eigenvalue weighted by Gasteiger charge is -2.11. The number of benzene rings is 1. The highest BCUT2D eigenvalue weighted by atomic mass is 35.5. The molecule has 9 heteroatoms. The quantitative estimate of drug-likeness (QED) is 0.828. The van der Waals surface area contributed by atoms with Gasteiger partial charge in [0.15, 0.2) is 5.16 Å². The van der Waals surface area contributed by atoms with E-state index in [-0.39, 0.29) is 0 Å². The number of thioether (sulfide) groups is 1. The summed E-state index contributed by atoms with van der Waals surface area (Å²) in [5, 5.41) is 10.4. The Labute approximate surface area is 136 Å². The largest absolute Gasteiger partial charge is 0.351 e. The van der Waals surface area contributed by atoms with Gasteiger partial charge in [0.25, 0.3) is 0 Å². The van der Waals surface area contributed by atoms with Gasteiger partial charge in [-0.1, -0.05) is 29.4 Å². The fourth-order valence-electron chi connectivity index (χ4n) is 1.65. The van der Waals surface area contributed by atoms with E-state index in [2.05, 4.69) is 10.2 Å². The smallest absolute Gasteiger partial charge is 0.318 e. The summed E-state index contributed by atoms with van der Waals surface area (Å²) >= 11 is 7.28.